The Hall–Kier alpha value is -3.04. The highest BCUT2D eigenvalue weighted by Gasteiger charge is 2.41. The maximum atomic E-state index is 13.3. The molecule has 1 heterocycles. The minimum Gasteiger partial charge on any atom is -0.462 e. The van der Waals surface area contributed by atoms with E-state index in [1.807, 2.05) is 68.4 Å². The number of carbonyl (C=O) groups is 2. The van der Waals surface area contributed by atoms with Gasteiger partial charge in [-0.1, -0.05) is 59.3 Å². The fourth-order valence-electron chi connectivity index (χ4n) is 3.16. The molecule has 5 nitrogen and oxygen atoms in total. The third-order valence-corrected chi connectivity index (χ3v) is 5.82. The number of esters is 1. The molecule has 0 radical (unpaired) electrons. The Morgan fingerprint density at radius 2 is 1.90 bits per heavy atom. The lowest BCUT2D eigenvalue weighted by Gasteiger charge is -2.18. The molecule has 2 aromatic carbocycles. The van der Waals surface area contributed by atoms with E-state index in [2.05, 4.69) is 0 Å². The Balaban J connectivity index is 2.03. The lowest BCUT2D eigenvalue weighted by atomic mass is 10.1. The number of aryl methyl sites for hydroxylation is 2. The zero-order valence-corrected chi connectivity index (χ0v) is 17.5. The quantitative estimate of drug-likeness (QED) is 0.421. The van der Waals surface area contributed by atoms with E-state index < -0.39 is 11.2 Å². The van der Waals surface area contributed by atoms with Gasteiger partial charge < -0.3 is 4.74 Å². The van der Waals surface area contributed by atoms with E-state index in [1.54, 1.807) is 6.92 Å². The molecule has 0 aliphatic carbocycles. The lowest BCUT2D eigenvalue weighted by molar-refractivity contribution is -0.138. The van der Waals surface area contributed by atoms with Crippen LogP contribution in [0.2, 0.25) is 0 Å². The van der Waals surface area contributed by atoms with Crippen LogP contribution in [0, 0.1) is 25.2 Å². The van der Waals surface area contributed by atoms with Gasteiger partial charge >= 0.3 is 5.97 Å². The molecule has 148 valence electrons. The van der Waals surface area contributed by atoms with Crippen molar-refractivity contribution in [2.45, 2.75) is 32.4 Å². The Kier molecular flexibility index (Phi) is 6.40. The second-order valence-corrected chi connectivity index (χ2v) is 8.01. The smallest absolute Gasteiger partial charge is 0.351 e. The van der Waals surface area contributed by atoms with Crippen LogP contribution in [-0.4, -0.2) is 23.7 Å². The SMILES string of the molecule is CCOC(=O)/C(C#N)=C1/S[C@H](Cc2cccc(C)c2)C(=O)N1c1ccc(C)cc1. The summed E-state index contributed by atoms with van der Waals surface area (Å²) in [7, 11) is 0. The van der Waals surface area contributed by atoms with Gasteiger partial charge in [-0.25, -0.2) is 4.79 Å². The van der Waals surface area contributed by atoms with Crippen molar-refractivity contribution >= 4 is 29.3 Å². The number of nitriles is 1. The molecule has 29 heavy (non-hydrogen) atoms. The van der Waals surface area contributed by atoms with E-state index in [-0.39, 0.29) is 18.1 Å². The summed E-state index contributed by atoms with van der Waals surface area (Å²) in [5, 5.41) is 9.54. The van der Waals surface area contributed by atoms with Crippen molar-refractivity contribution in [3.05, 3.63) is 75.8 Å². The van der Waals surface area contributed by atoms with E-state index in [4.69, 9.17) is 4.74 Å². The normalized spacial score (nSPS) is 17.8. The molecule has 6 heteroatoms. The molecule has 0 bridgehead atoms. The minimum atomic E-state index is -0.710. The highest BCUT2D eigenvalue weighted by Crippen LogP contribution is 2.42. The van der Waals surface area contributed by atoms with E-state index in [1.165, 1.54) is 16.7 Å². The summed E-state index contributed by atoms with van der Waals surface area (Å²) < 4.78 is 5.04. The highest BCUT2D eigenvalue weighted by atomic mass is 32.2. The van der Waals surface area contributed by atoms with Gasteiger partial charge in [0.2, 0.25) is 5.91 Å². The predicted molar refractivity (Wildman–Crippen MR) is 114 cm³/mol. The van der Waals surface area contributed by atoms with Gasteiger partial charge in [-0.3, -0.25) is 9.69 Å². The Morgan fingerprint density at radius 1 is 1.17 bits per heavy atom. The average Bonchev–Trinajstić information content (AvgIpc) is 2.99. The zero-order chi connectivity index (χ0) is 21.0. The molecule has 3 rings (SSSR count). The largest absolute Gasteiger partial charge is 0.462 e. The van der Waals surface area contributed by atoms with Gasteiger partial charge in [0.15, 0.2) is 5.57 Å². The Bertz CT molecular complexity index is 1010. The summed E-state index contributed by atoms with van der Waals surface area (Å²) in [6, 6.07) is 17.4. The molecule has 1 atom stereocenters. The third-order valence-electron chi connectivity index (χ3n) is 4.55. The highest BCUT2D eigenvalue weighted by molar-refractivity contribution is 8.05. The maximum absolute atomic E-state index is 13.3. The molecule has 1 aliphatic heterocycles. The molecule has 0 saturated carbocycles. The number of hydrogen-bond acceptors (Lipinski definition) is 5. The van der Waals surface area contributed by atoms with E-state index in [0.717, 1.165) is 16.7 Å². The molecule has 1 amide bonds. The number of benzene rings is 2. The van der Waals surface area contributed by atoms with Gasteiger partial charge in [-0.05, 0) is 44.9 Å². The van der Waals surface area contributed by atoms with E-state index >= 15 is 0 Å². The summed E-state index contributed by atoms with van der Waals surface area (Å²) in [5.74, 6) is -0.856. The molecule has 0 aromatic heterocycles. The van der Waals surface area contributed by atoms with E-state index in [0.29, 0.717) is 17.1 Å². The zero-order valence-electron chi connectivity index (χ0n) is 16.6. The summed E-state index contributed by atoms with van der Waals surface area (Å²) in [4.78, 5) is 27.1. The fraction of sp³-hybridized carbons (Fsp3) is 0.261. The number of rotatable bonds is 5. The van der Waals surface area contributed by atoms with Crippen LogP contribution < -0.4 is 4.90 Å². The number of carbonyl (C=O) groups excluding carboxylic acids is 2. The number of thioether (sulfide) groups is 1. The van der Waals surface area contributed by atoms with E-state index in [9.17, 15) is 14.9 Å². The van der Waals surface area contributed by atoms with Crippen molar-refractivity contribution in [2.24, 2.45) is 0 Å². The number of hydrogen-bond donors (Lipinski definition) is 0. The van der Waals surface area contributed by atoms with Crippen LogP contribution in [0.15, 0.2) is 59.1 Å². The molecule has 2 aromatic rings. The first-order chi connectivity index (χ1) is 13.9. The van der Waals surface area contributed by atoms with Crippen LogP contribution >= 0.6 is 11.8 Å². The standard InChI is InChI=1S/C23H22N2O3S/c1-4-28-23(27)19(14-24)22-25(18-10-8-15(2)9-11-18)21(26)20(29-22)13-17-7-5-6-16(3)12-17/h5-12,20H,4,13H2,1-3H3/b22-19+/t20-/m1/s1. The molecule has 0 unspecified atom stereocenters. The number of ether oxygens (including phenoxy) is 1. The summed E-state index contributed by atoms with van der Waals surface area (Å²) in [5.41, 5.74) is 3.70. The molecule has 0 spiro atoms. The molecule has 1 fully saturated rings. The average molecular weight is 407 g/mol. The fourth-order valence-corrected chi connectivity index (χ4v) is 4.46. The van der Waals surface area contributed by atoms with Crippen LogP contribution in [-0.2, 0) is 20.7 Å². The van der Waals surface area contributed by atoms with Crippen LogP contribution in [0.1, 0.15) is 23.6 Å². The number of nitrogens with zero attached hydrogens (tertiary/aromatic N) is 2. The number of anilines is 1. The van der Waals surface area contributed by atoms with Crippen LogP contribution in [0.3, 0.4) is 0 Å². The topological polar surface area (TPSA) is 70.4 Å². The van der Waals surface area contributed by atoms with Crippen molar-refractivity contribution in [2.75, 3.05) is 11.5 Å². The molecule has 1 saturated heterocycles. The van der Waals surface area contributed by atoms with Crippen molar-refractivity contribution in [1.82, 2.24) is 0 Å². The van der Waals surface area contributed by atoms with Crippen LogP contribution in [0.25, 0.3) is 0 Å². The third kappa shape index (κ3) is 4.52. The summed E-state index contributed by atoms with van der Waals surface area (Å²) in [6.07, 6.45) is 0.512. The second-order valence-electron chi connectivity index (χ2n) is 6.82. The van der Waals surface area contributed by atoms with Gasteiger partial charge in [0.1, 0.15) is 11.1 Å². The van der Waals surface area contributed by atoms with Crippen molar-refractivity contribution in [1.29, 1.82) is 5.26 Å². The Morgan fingerprint density at radius 3 is 2.52 bits per heavy atom. The van der Waals surface area contributed by atoms with Gasteiger partial charge in [0, 0.05) is 5.69 Å². The first-order valence-electron chi connectivity index (χ1n) is 9.39. The van der Waals surface area contributed by atoms with Gasteiger partial charge in [0.25, 0.3) is 0 Å². The van der Waals surface area contributed by atoms with Crippen molar-refractivity contribution < 1.29 is 14.3 Å². The molecular weight excluding hydrogens is 384 g/mol. The first-order valence-corrected chi connectivity index (χ1v) is 10.3. The van der Waals surface area contributed by atoms with Crippen molar-refractivity contribution in [3.8, 4) is 6.07 Å². The molecular formula is C23H22N2O3S. The van der Waals surface area contributed by atoms with Crippen molar-refractivity contribution in [3.63, 3.8) is 0 Å². The summed E-state index contributed by atoms with van der Waals surface area (Å²) in [6.45, 7) is 5.81. The molecule has 1 aliphatic rings. The van der Waals surface area contributed by atoms with Gasteiger partial charge in [-0.15, -0.1) is 0 Å². The monoisotopic (exact) mass is 406 g/mol. The van der Waals surface area contributed by atoms with Crippen LogP contribution in [0.5, 0.6) is 0 Å². The first kappa shape index (κ1) is 20.7. The minimum absolute atomic E-state index is 0.141. The van der Waals surface area contributed by atoms with Crippen LogP contribution in [0.4, 0.5) is 5.69 Å². The Labute approximate surface area is 175 Å². The summed E-state index contributed by atoms with van der Waals surface area (Å²) >= 11 is 1.25. The van der Waals surface area contributed by atoms with Gasteiger partial charge in [0.05, 0.1) is 11.9 Å². The van der Waals surface area contributed by atoms with Gasteiger partial charge in [-0.2, -0.15) is 5.26 Å². The predicted octanol–water partition coefficient (Wildman–Crippen LogP) is 4.29. The lowest BCUT2D eigenvalue weighted by Crippen LogP contribution is -2.30. The molecule has 0 N–H and O–H groups in total. The maximum Gasteiger partial charge on any atom is 0.351 e. The number of amides is 1. The second kappa shape index (κ2) is 8.97.